The lowest BCUT2D eigenvalue weighted by Gasteiger charge is -2.19. The van der Waals surface area contributed by atoms with Gasteiger partial charge in [-0.05, 0) is 42.1 Å². The second-order valence-electron chi connectivity index (χ2n) is 8.86. The number of carbonyl (C=O) groups is 1. The zero-order chi connectivity index (χ0) is 26.3. The van der Waals surface area contributed by atoms with Crippen LogP contribution in [0.15, 0.2) is 95.0 Å². The van der Waals surface area contributed by atoms with Crippen molar-refractivity contribution in [2.45, 2.75) is 12.3 Å². The maximum Gasteiger partial charge on any atom is 0.259 e. The summed E-state index contributed by atoms with van der Waals surface area (Å²) in [6.45, 7) is 0.669. The number of aliphatic imine (C=N–C) groups is 2. The molecule has 8 heteroatoms. The molecule has 3 N–H and O–H groups in total. The predicted octanol–water partition coefficient (Wildman–Crippen LogP) is 5.40. The molecule has 4 aromatic rings. The van der Waals surface area contributed by atoms with Crippen LogP contribution in [0.4, 0.5) is 11.4 Å². The van der Waals surface area contributed by atoms with Crippen molar-refractivity contribution in [3.63, 3.8) is 0 Å². The summed E-state index contributed by atoms with van der Waals surface area (Å²) in [6, 6.07) is 26.2. The van der Waals surface area contributed by atoms with Crippen molar-refractivity contribution in [2.75, 3.05) is 23.8 Å². The van der Waals surface area contributed by atoms with Gasteiger partial charge in [0.05, 0.1) is 17.3 Å². The number of para-hydroxylation sites is 1. The van der Waals surface area contributed by atoms with Crippen LogP contribution in [0.25, 0.3) is 10.8 Å². The van der Waals surface area contributed by atoms with Gasteiger partial charge in [-0.15, -0.1) is 0 Å². The zero-order valence-electron chi connectivity index (χ0n) is 20.6. The number of amides is 1. The van der Waals surface area contributed by atoms with E-state index in [0.717, 1.165) is 16.5 Å². The molecule has 38 heavy (non-hydrogen) atoms. The van der Waals surface area contributed by atoms with E-state index in [1.165, 1.54) is 0 Å². The molecule has 0 fully saturated rings. The lowest BCUT2D eigenvalue weighted by Crippen LogP contribution is -2.23. The molecule has 0 spiro atoms. The van der Waals surface area contributed by atoms with Crippen molar-refractivity contribution >= 4 is 40.0 Å². The van der Waals surface area contributed by atoms with Crippen LogP contribution in [0.2, 0.25) is 0 Å². The van der Waals surface area contributed by atoms with Gasteiger partial charge in [0.2, 0.25) is 0 Å². The molecule has 0 bridgehead atoms. The van der Waals surface area contributed by atoms with Crippen LogP contribution in [0.1, 0.15) is 28.4 Å². The summed E-state index contributed by atoms with van der Waals surface area (Å²) in [5.41, 5.74) is 2.68. The molecule has 1 aliphatic rings. The Morgan fingerprint density at radius 2 is 1.87 bits per heavy atom. The summed E-state index contributed by atoms with van der Waals surface area (Å²) >= 11 is 0. The number of carbonyl (C=O) groups excluding carboxylic acids is 1. The number of nitrogens with one attached hydrogen (secondary N) is 2. The Labute approximate surface area is 220 Å². The number of fused-ring (bicyclic) bond motifs is 1. The Bertz CT molecular complexity index is 1540. The number of anilines is 2. The molecular weight excluding hydrogens is 476 g/mol. The standard InChI is InChI=1S/C30H26N6O2/c31-17-21-18-32-15-13-24(26-12-6-7-14-33-26)27(21)34-19-35-28-23-11-5-4-8-20(23)16-25(29(28)37)30(38)36-22-9-2-1-3-10-22/h1-12,14,16,18,21,24,35,37H,13,15,19H2,(H,36,38). The molecule has 0 saturated heterocycles. The third-order valence-corrected chi connectivity index (χ3v) is 6.48. The van der Waals surface area contributed by atoms with Gasteiger partial charge in [0.1, 0.15) is 12.6 Å². The molecule has 0 saturated carbocycles. The third kappa shape index (κ3) is 5.22. The van der Waals surface area contributed by atoms with Gasteiger partial charge in [-0.3, -0.25) is 19.8 Å². The second-order valence-corrected chi connectivity index (χ2v) is 8.86. The highest BCUT2D eigenvalue weighted by Gasteiger charge is 2.28. The molecule has 0 radical (unpaired) electrons. The average Bonchev–Trinajstić information content (AvgIpc) is 3.17. The number of pyridine rings is 1. The van der Waals surface area contributed by atoms with Gasteiger partial charge in [-0.25, -0.2) is 0 Å². The molecule has 2 atom stereocenters. The van der Waals surface area contributed by atoms with Gasteiger partial charge < -0.3 is 15.7 Å². The van der Waals surface area contributed by atoms with Crippen LogP contribution < -0.4 is 10.6 Å². The topological polar surface area (TPSA) is 123 Å². The van der Waals surface area contributed by atoms with E-state index >= 15 is 0 Å². The molecule has 5 rings (SSSR count). The number of phenols is 1. The highest BCUT2D eigenvalue weighted by Crippen LogP contribution is 2.36. The van der Waals surface area contributed by atoms with Gasteiger partial charge in [0.25, 0.3) is 5.91 Å². The summed E-state index contributed by atoms with van der Waals surface area (Å²) in [5.74, 6) is -1.33. The summed E-state index contributed by atoms with van der Waals surface area (Å²) < 4.78 is 0. The van der Waals surface area contributed by atoms with Crippen LogP contribution in [0, 0.1) is 17.2 Å². The quantitative estimate of drug-likeness (QED) is 0.305. The van der Waals surface area contributed by atoms with Crippen molar-refractivity contribution in [3.8, 4) is 11.8 Å². The van der Waals surface area contributed by atoms with E-state index in [4.69, 9.17) is 4.99 Å². The van der Waals surface area contributed by atoms with E-state index in [1.54, 1.807) is 30.6 Å². The number of benzene rings is 3. The van der Waals surface area contributed by atoms with Gasteiger partial charge in [-0.1, -0.05) is 48.5 Å². The van der Waals surface area contributed by atoms with E-state index in [2.05, 4.69) is 26.7 Å². The van der Waals surface area contributed by atoms with E-state index in [-0.39, 0.29) is 23.9 Å². The number of aromatic hydroxyl groups is 1. The van der Waals surface area contributed by atoms with Crippen LogP contribution in [0.5, 0.6) is 5.75 Å². The van der Waals surface area contributed by atoms with Gasteiger partial charge in [-0.2, -0.15) is 5.26 Å². The fraction of sp³-hybridized carbons (Fsp3) is 0.167. The molecular formula is C30H26N6O2. The Morgan fingerprint density at radius 1 is 1.08 bits per heavy atom. The van der Waals surface area contributed by atoms with Crippen molar-refractivity contribution in [1.82, 2.24) is 4.98 Å². The van der Waals surface area contributed by atoms with Crippen LogP contribution in [-0.4, -0.2) is 41.1 Å². The monoisotopic (exact) mass is 502 g/mol. The van der Waals surface area contributed by atoms with Gasteiger partial charge in [0.15, 0.2) is 5.75 Å². The fourth-order valence-corrected chi connectivity index (χ4v) is 4.63. The number of aromatic nitrogens is 1. The summed E-state index contributed by atoms with van der Waals surface area (Å²) in [5, 5.41) is 28.6. The van der Waals surface area contributed by atoms with Crippen molar-refractivity contribution < 1.29 is 9.90 Å². The minimum Gasteiger partial charge on any atom is -0.505 e. The number of rotatable bonds is 6. The summed E-state index contributed by atoms with van der Waals surface area (Å²) in [6.07, 6.45) is 4.06. The summed E-state index contributed by atoms with van der Waals surface area (Å²) in [4.78, 5) is 26.7. The first kappa shape index (κ1) is 24.7. The first-order valence-corrected chi connectivity index (χ1v) is 12.4. The molecule has 8 nitrogen and oxygen atoms in total. The Hall–Kier alpha value is -5.03. The normalized spacial score (nSPS) is 18.0. The molecule has 2 heterocycles. The number of hydrogen-bond acceptors (Lipinski definition) is 7. The molecule has 1 aliphatic heterocycles. The van der Waals surface area contributed by atoms with Crippen LogP contribution >= 0.6 is 0 Å². The first-order chi connectivity index (χ1) is 18.7. The Morgan fingerprint density at radius 3 is 2.66 bits per heavy atom. The lowest BCUT2D eigenvalue weighted by atomic mass is 9.88. The smallest absolute Gasteiger partial charge is 0.259 e. The SMILES string of the molecule is N#CC1C=NCCC(c2ccccn2)C1=NCNc1c(O)c(C(=O)Nc2ccccc2)cc2ccccc12. The van der Waals surface area contributed by atoms with Crippen molar-refractivity contribution in [3.05, 3.63) is 96.3 Å². The van der Waals surface area contributed by atoms with Crippen LogP contribution in [0.3, 0.4) is 0 Å². The van der Waals surface area contributed by atoms with E-state index in [0.29, 0.717) is 30.1 Å². The minimum absolute atomic E-state index is 0.0893. The molecule has 1 aromatic heterocycles. The van der Waals surface area contributed by atoms with E-state index in [9.17, 15) is 15.2 Å². The maximum atomic E-state index is 13.1. The fourth-order valence-electron chi connectivity index (χ4n) is 4.63. The molecule has 3 aromatic carbocycles. The molecule has 1 amide bonds. The zero-order valence-corrected chi connectivity index (χ0v) is 20.6. The van der Waals surface area contributed by atoms with Gasteiger partial charge in [0, 0.05) is 47.4 Å². The van der Waals surface area contributed by atoms with E-state index in [1.807, 2.05) is 60.7 Å². The average molecular weight is 503 g/mol. The highest BCUT2D eigenvalue weighted by molar-refractivity contribution is 6.12. The first-order valence-electron chi connectivity index (χ1n) is 12.4. The number of hydrogen-bond donors (Lipinski definition) is 3. The maximum absolute atomic E-state index is 13.1. The van der Waals surface area contributed by atoms with Gasteiger partial charge >= 0.3 is 0 Å². The van der Waals surface area contributed by atoms with Crippen molar-refractivity contribution in [1.29, 1.82) is 5.26 Å². The minimum atomic E-state index is -0.584. The largest absolute Gasteiger partial charge is 0.505 e. The Balaban J connectivity index is 1.48. The number of nitriles is 1. The van der Waals surface area contributed by atoms with Crippen molar-refractivity contribution in [2.24, 2.45) is 15.9 Å². The predicted molar refractivity (Wildman–Crippen MR) is 150 cm³/mol. The number of phenolic OH excluding ortho intramolecular Hbond substituents is 1. The molecule has 0 aliphatic carbocycles. The Kier molecular flexibility index (Phi) is 7.37. The molecule has 2 unspecified atom stereocenters. The molecule has 188 valence electrons. The second kappa shape index (κ2) is 11.4. The van der Waals surface area contributed by atoms with Crippen LogP contribution in [-0.2, 0) is 0 Å². The summed E-state index contributed by atoms with van der Waals surface area (Å²) in [7, 11) is 0. The lowest BCUT2D eigenvalue weighted by molar-refractivity contribution is 0.102. The third-order valence-electron chi connectivity index (χ3n) is 6.48. The number of nitrogens with zero attached hydrogens (tertiary/aromatic N) is 4. The highest BCUT2D eigenvalue weighted by atomic mass is 16.3. The van der Waals surface area contributed by atoms with E-state index < -0.39 is 11.8 Å².